The molecule has 24 heavy (non-hydrogen) atoms. The molecule has 10 heteroatoms. The number of sulfonamides is 1. The van der Waals surface area contributed by atoms with Crippen LogP contribution in [0.5, 0.6) is 0 Å². The summed E-state index contributed by atoms with van der Waals surface area (Å²) in [5.74, 6) is 1.28. The summed E-state index contributed by atoms with van der Waals surface area (Å²) in [6, 6.07) is 3.08. The number of anilines is 2. The van der Waals surface area contributed by atoms with Crippen molar-refractivity contribution in [3.8, 4) is 0 Å². The Bertz CT molecular complexity index is 807. The lowest BCUT2D eigenvalue weighted by molar-refractivity contribution is 0.596. The van der Waals surface area contributed by atoms with E-state index in [2.05, 4.69) is 19.2 Å². The number of primary sulfonamides is 1. The molecule has 2 N–H and O–H groups in total. The molecule has 1 saturated heterocycles. The third kappa shape index (κ3) is 3.65. The summed E-state index contributed by atoms with van der Waals surface area (Å²) in [6.07, 6.45) is 3.29. The van der Waals surface area contributed by atoms with E-state index in [0.717, 1.165) is 43.4 Å². The summed E-state index contributed by atoms with van der Waals surface area (Å²) in [6.45, 7) is 4.99. The highest BCUT2D eigenvalue weighted by Gasteiger charge is 2.23. The van der Waals surface area contributed by atoms with E-state index >= 15 is 0 Å². The molecule has 1 aliphatic rings. The zero-order chi connectivity index (χ0) is 17.2. The highest BCUT2D eigenvalue weighted by atomic mass is 32.2. The van der Waals surface area contributed by atoms with Crippen LogP contribution >= 0.6 is 11.5 Å². The van der Waals surface area contributed by atoms with E-state index in [1.165, 1.54) is 17.6 Å². The first-order valence-electron chi connectivity index (χ1n) is 7.79. The van der Waals surface area contributed by atoms with Gasteiger partial charge in [-0.25, -0.2) is 23.5 Å². The Kier molecular flexibility index (Phi) is 4.97. The van der Waals surface area contributed by atoms with E-state index < -0.39 is 10.0 Å². The first-order valence-corrected chi connectivity index (χ1v) is 10.1. The van der Waals surface area contributed by atoms with Gasteiger partial charge in [-0.05, 0) is 18.6 Å². The number of aromatic nitrogens is 3. The van der Waals surface area contributed by atoms with Crippen molar-refractivity contribution in [2.24, 2.45) is 5.14 Å². The first-order chi connectivity index (χ1) is 11.5. The zero-order valence-electron chi connectivity index (χ0n) is 13.4. The SMILES string of the molecule is CCc1nsc(N2CCCN(c3ncccc3S(N)(=O)=O)CC2)n1. The molecule has 0 amide bonds. The monoisotopic (exact) mass is 368 g/mol. The van der Waals surface area contributed by atoms with Crippen LogP contribution in [-0.4, -0.2) is 48.9 Å². The predicted octanol–water partition coefficient (Wildman–Crippen LogP) is 0.860. The molecule has 3 rings (SSSR count). The second-order valence-electron chi connectivity index (χ2n) is 5.54. The van der Waals surface area contributed by atoms with Gasteiger partial charge >= 0.3 is 0 Å². The molecule has 8 nitrogen and oxygen atoms in total. The summed E-state index contributed by atoms with van der Waals surface area (Å²) in [7, 11) is -3.80. The fourth-order valence-electron chi connectivity index (χ4n) is 2.68. The van der Waals surface area contributed by atoms with E-state index in [0.29, 0.717) is 12.4 Å². The molecule has 3 heterocycles. The predicted molar refractivity (Wildman–Crippen MR) is 93.9 cm³/mol. The van der Waals surface area contributed by atoms with Crippen molar-refractivity contribution in [1.82, 2.24) is 14.3 Å². The van der Waals surface area contributed by atoms with Crippen LogP contribution in [0.1, 0.15) is 19.2 Å². The zero-order valence-corrected chi connectivity index (χ0v) is 15.1. The number of rotatable bonds is 4. The topological polar surface area (TPSA) is 105 Å². The first kappa shape index (κ1) is 17.1. The van der Waals surface area contributed by atoms with E-state index in [-0.39, 0.29) is 4.90 Å². The quantitative estimate of drug-likeness (QED) is 0.853. The maximum absolute atomic E-state index is 11.8. The standard InChI is InChI=1S/C14H20N6O2S2/c1-2-12-17-14(23-18-12)20-8-4-7-19(9-10-20)13-11(24(15,21)22)5-3-6-16-13/h3,5-6H,2,4,7-10H2,1H3,(H2,15,21,22). The van der Waals surface area contributed by atoms with Crippen LogP contribution in [0.25, 0.3) is 0 Å². The van der Waals surface area contributed by atoms with Gasteiger partial charge in [0.2, 0.25) is 15.2 Å². The van der Waals surface area contributed by atoms with E-state index in [1.54, 1.807) is 12.3 Å². The highest BCUT2D eigenvalue weighted by molar-refractivity contribution is 7.89. The van der Waals surface area contributed by atoms with Gasteiger partial charge in [0.1, 0.15) is 16.5 Å². The van der Waals surface area contributed by atoms with Gasteiger partial charge in [0.05, 0.1) is 0 Å². The fourth-order valence-corrected chi connectivity index (χ4v) is 4.18. The number of nitrogens with two attached hydrogens (primary N) is 1. The van der Waals surface area contributed by atoms with Crippen LogP contribution in [0.4, 0.5) is 10.9 Å². The van der Waals surface area contributed by atoms with Gasteiger partial charge in [-0.3, -0.25) is 0 Å². The van der Waals surface area contributed by atoms with Gasteiger partial charge in [0, 0.05) is 50.3 Å². The molecule has 2 aromatic heterocycles. The Morgan fingerprint density at radius 1 is 1.25 bits per heavy atom. The van der Waals surface area contributed by atoms with Crippen LogP contribution < -0.4 is 14.9 Å². The Labute approximate surface area is 145 Å². The van der Waals surface area contributed by atoms with Crippen molar-refractivity contribution in [3.05, 3.63) is 24.2 Å². The summed E-state index contributed by atoms with van der Waals surface area (Å²) in [4.78, 5) is 13.0. The maximum Gasteiger partial charge on any atom is 0.241 e. The minimum absolute atomic E-state index is 0.0719. The average molecular weight is 368 g/mol. The largest absolute Gasteiger partial charge is 0.354 e. The number of pyridine rings is 1. The lowest BCUT2D eigenvalue weighted by Gasteiger charge is -2.23. The van der Waals surface area contributed by atoms with Gasteiger partial charge < -0.3 is 9.80 Å². The molecule has 0 bridgehead atoms. The lowest BCUT2D eigenvalue weighted by atomic mass is 10.3. The molecule has 130 valence electrons. The molecule has 0 unspecified atom stereocenters. The van der Waals surface area contributed by atoms with Crippen molar-refractivity contribution >= 4 is 32.5 Å². The number of hydrogen-bond donors (Lipinski definition) is 1. The van der Waals surface area contributed by atoms with Gasteiger partial charge in [-0.15, -0.1) is 0 Å². The number of hydrogen-bond acceptors (Lipinski definition) is 8. The average Bonchev–Trinajstić information content (AvgIpc) is 2.91. The molecule has 2 aromatic rings. The molecule has 1 aliphatic heterocycles. The van der Waals surface area contributed by atoms with Crippen molar-refractivity contribution in [2.45, 2.75) is 24.7 Å². The van der Waals surface area contributed by atoms with E-state index in [9.17, 15) is 8.42 Å². The van der Waals surface area contributed by atoms with Gasteiger partial charge in [-0.1, -0.05) is 6.92 Å². The van der Waals surface area contributed by atoms with Crippen molar-refractivity contribution in [2.75, 3.05) is 36.0 Å². The van der Waals surface area contributed by atoms with Crippen LogP contribution in [-0.2, 0) is 16.4 Å². The normalized spacial score (nSPS) is 16.2. The number of aryl methyl sites for hydroxylation is 1. The Balaban J connectivity index is 1.79. The molecule has 1 fully saturated rings. The van der Waals surface area contributed by atoms with Crippen LogP contribution in [0, 0.1) is 0 Å². The molecule has 0 aliphatic carbocycles. The fraction of sp³-hybridized carbons (Fsp3) is 0.500. The highest BCUT2D eigenvalue weighted by Crippen LogP contribution is 2.24. The lowest BCUT2D eigenvalue weighted by Crippen LogP contribution is -2.32. The van der Waals surface area contributed by atoms with Crippen molar-refractivity contribution in [3.63, 3.8) is 0 Å². The maximum atomic E-state index is 11.8. The Morgan fingerprint density at radius 3 is 2.71 bits per heavy atom. The smallest absolute Gasteiger partial charge is 0.241 e. The van der Waals surface area contributed by atoms with Crippen molar-refractivity contribution in [1.29, 1.82) is 0 Å². The van der Waals surface area contributed by atoms with Crippen LogP contribution in [0.15, 0.2) is 23.2 Å². The van der Waals surface area contributed by atoms with Crippen LogP contribution in [0.2, 0.25) is 0 Å². The summed E-state index contributed by atoms with van der Waals surface area (Å²) >= 11 is 1.41. The summed E-state index contributed by atoms with van der Waals surface area (Å²) < 4.78 is 27.9. The minimum Gasteiger partial charge on any atom is -0.354 e. The molecule has 0 aromatic carbocycles. The molecular weight excluding hydrogens is 348 g/mol. The van der Waals surface area contributed by atoms with Gasteiger partial charge in [-0.2, -0.15) is 4.37 Å². The molecule has 0 atom stereocenters. The Morgan fingerprint density at radius 2 is 2.00 bits per heavy atom. The second-order valence-corrected chi connectivity index (χ2v) is 7.80. The van der Waals surface area contributed by atoms with E-state index in [1.807, 2.05) is 11.8 Å². The van der Waals surface area contributed by atoms with Gasteiger partial charge in [0.15, 0.2) is 0 Å². The molecule has 0 spiro atoms. The van der Waals surface area contributed by atoms with Crippen molar-refractivity contribution < 1.29 is 8.42 Å². The van der Waals surface area contributed by atoms with Gasteiger partial charge in [0.25, 0.3) is 0 Å². The third-order valence-electron chi connectivity index (χ3n) is 3.90. The molecule has 0 saturated carbocycles. The summed E-state index contributed by atoms with van der Waals surface area (Å²) in [5, 5.41) is 6.24. The molecule has 0 radical (unpaired) electrons. The number of nitrogens with zero attached hydrogens (tertiary/aromatic N) is 5. The van der Waals surface area contributed by atoms with Crippen LogP contribution in [0.3, 0.4) is 0 Å². The Hall–Kier alpha value is -1.78. The third-order valence-corrected chi connectivity index (χ3v) is 5.64. The summed E-state index contributed by atoms with van der Waals surface area (Å²) in [5.41, 5.74) is 0. The van der Waals surface area contributed by atoms with E-state index in [4.69, 9.17) is 5.14 Å². The molecular formula is C14H20N6O2S2. The second kappa shape index (κ2) is 6.99. The minimum atomic E-state index is -3.80.